The number of rotatable bonds is 1. The van der Waals surface area contributed by atoms with E-state index < -0.39 is 0 Å². The lowest BCUT2D eigenvalue weighted by atomic mass is 9.98. The fraction of sp³-hybridized carbons (Fsp3) is 0.308. The average Bonchev–Trinajstić information content (AvgIpc) is 2.76. The summed E-state index contributed by atoms with van der Waals surface area (Å²) in [5.74, 6) is 0.144. The van der Waals surface area contributed by atoms with Crippen LogP contribution in [0.2, 0.25) is 0 Å². The third-order valence-electron chi connectivity index (χ3n) is 3.30. The highest BCUT2D eigenvalue weighted by atomic mass is 16.2. The van der Waals surface area contributed by atoms with Gasteiger partial charge >= 0.3 is 0 Å². The van der Waals surface area contributed by atoms with Crippen LogP contribution in [-0.2, 0) is 13.0 Å². The molecule has 6 heteroatoms. The molecule has 0 aliphatic carbocycles. The summed E-state index contributed by atoms with van der Waals surface area (Å²) >= 11 is 0. The van der Waals surface area contributed by atoms with Gasteiger partial charge in [-0.2, -0.15) is 9.78 Å². The Balaban J connectivity index is 2.07. The van der Waals surface area contributed by atoms with Crippen LogP contribution in [0.4, 0.5) is 5.82 Å². The molecule has 0 amide bonds. The predicted octanol–water partition coefficient (Wildman–Crippen LogP) is 0.503. The van der Waals surface area contributed by atoms with Gasteiger partial charge in [-0.3, -0.25) is 9.78 Å². The molecule has 98 valence electrons. The highest BCUT2D eigenvalue weighted by Crippen LogP contribution is 2.19. The molecule has 3 heterocycles. The highest BCUT2D eigenvalue weighted by molar-refractivity contribution is 5.98. The van der Waals surface area contributed by atoms with E-state index in [0.29, 0.717) is 11.4 Å². The van der Waals surface area contributed by atoms with Crippen LogP contribution in [0.5, 0.6) is 0 Å². The third-order valence-corrected chi connectivity index (χ3v) is 3.30. The van der Waals surface area contributed by atoms with E-state index in [-0.39, 0.29) is 5.91 Å². The minimum absolute atomic E-state index is 0.211. The van der Waals surface area contributed by atoms with Gasteiger partial charge < -0.3 is 11.1 Å². The van der Waals surface area contributed by atoms with Crippen molar-refractivity contribution >= 4 is 11.7 Å². The molecule has 1 aliphatic rings. The molecule has 0 atom stereocenters. The first-order valence-electron chi connectivity index (χ1n) is 6.20. The number of pyridine rings is 1. The smallest absolute Gasteiger partial charge is 0.281 e. The maximum atomic E-state index is 12.5. The lowest BCUT2D eigenvalue weighted by Crippen LogP contribution is -2.27. The van der Waals surface area contributed by atoms with Gasteiger partial charge in [-0.25, -0.2) is 0 Å². The van der Waals surface area contributed by atoms with E-state index >= 15 is 0 Å². The van der Waals surface area contributed by atoms with Crippen LogP contribution < -0.4 is 11.1 Å². The summed E-state index contributed by atoms with van der Waals surface area (Å²) in [5.41, 5.74) is 9.24. The molecule has 1 aliphatic heterocycles. The van der Waals surface area contributed by atoms with Crippen LogP contribution in [0.1, 0.15) is 27.2 Å². The number of anilines is 1. The number of aromatic nitrogens is 3. The fourth-order valence-corrected chi connectivity index (χ4v) is 2.40. The van der Waals surface area contributed by atoms with Crippen molar-refractivity contribution in [3.05, 3.63) is 40.8 Å². The Morgan fingerprint density at radius 3 is 3.05 bits per heavy atom. The molecule has 0 fully saturated rings. The third kappa shape index (κ3) is 2.00. The Bertz CT molecular complexity index is 646. The van der Waals surface area contributed by atoms with Crippen LogP contribution in [-0.4, -0.2) is 27.2 Å². The maximum Gasteiger partial charge on any atom is 0.281 e. The Hall–Kier alpha value is -2.21. The molecule has 3 N–H and O–H groups in total. The highest BCUT2D eigenvalue weighted by Gasteiger charge is 2.21. The second-order valence-electron chi connectivity index (χ2n) is 4.68. The summed E-state index contributed by atoms with van der Waals surface area (Å²) in [4.78, 5) is 16.7. The molecule has 0 saturated carbocycles. The van der Waals surface area contributed by atoms with E-state index in [4.69, 9.17) is 5.73 Å². The number of carbonyl (C=O) groups excluding carboxylic acids is 1. The number of nitrogens with two attached hydrogens (primary N) is 1. The molecule has 0 spiro atoms. The van der Waals surface area contributed by atoms with Crippen molar-refractivity contribution in [3.63, 3.8) is 0 Å². The van der Waals surface area contributed by atoms with Gasteiger partial charge in [0.25, 0.3) is 5.91 Å². The molecule has 0 saturated heterocycles. The Morgan fingerprint density at radius 1 is 1.47 bits per heavy atom. The molecular formula is C13H15N5O. The Labute approximate surface area is 110 Å². The van der Waals surface area contributed by atoms with Gasteiger partial charge in [0.2, 0.25) is 0 Å². The number of aryl methyl sites for hydroxylation is 1. The summed E-state index contributed by atoms with van der Waals surface area (Å²) in [7, 11) is 0. The van der Waals surface area contributed by atoms with Crippen LogP contribution in [0.25, 0.3) is 0 Å². The fourth-order valence-electron chi connectivity index (χ4n) is 2.40. The topological polar surface area (TPSA) is 85.8 Å². The minimum Gasteiger partial charge on any atom is -0.383 e. The van der Waals surface area contributed by atoms with Crippen LogP contribution >= 0.6 is 0 Å². The van der Waals surface area contributed by atoms with Gasteiger partial charge in [0.05, 0.1) is 11.3 Å². The molecule has 3 rings (SSSR count). The van der Waals surface area contributed by atoms with Crippen molar-refractivity contribution in [2.45, 2.75) is 19.9 Å². The molecule has 0 aromatic carbocycles. The number of nitrogens with one attached hydrogen (secondary N) is 1. The number of fused-ring (bicyclic) bond motifs is 1. The van der Waals surface area contributed by atoms with Crippen molar-refractivity contribution in [1.82, 2.24) is 20.1 Å². The Kier molecular flexibility index (Phi) is 2.79. The lowest BCUT2D eigenvalue weighted by molar-refractivity contribution is 0.0946. The second-order valence-corrected chi connectivity index (χ2v) is 4.68. The van der Waals surface area contributed by atoms with Crippen molar-refractivity contribution in [3.8, 4) is 0 Å². The van der Waals surface area contributed by atoms with Crippen LogP contribution in [0.3, 0.4) is 0 Å². The largest absolute Gasteiger partial charge is 0.383 e. The van der Waals surface area contributed by atoms with E-state index in [0.717, 1.165) is 36.3 Å². The van der Waals surface area contributed by atoms with Gasteiger partial charge in [0, 0.05) is 25.0 Å². The molecule has 0 bridgehead atoms. The molecule has 19 heavy (non-hydrogen) atoms. The minimum atomic E-state index is -0.211. The Morgan fingerprint density at radius 2 is 2.32 bits per heavy atom. The molecule has 2 aromatic heterocycles. The number of nitrogen functional groups attached to an aromatic ring is 1. The van der Waals surface area contributed by atoms with Crippen LogP contribution in [0.15, 0.2) is 18.5 Å². The maximum absolute atomic E-state index is 12.5. The van der Waals surface area contributed by atoms with Crippen molar-refractivity contribution in [2.75, 3.05) is 12.3 Å². The molecular weight excluding hydrogens is 242 g/mol. The zero-order chi connectivity index (χ0) is 13.4. The van der Waals surface area contributed by atoms with Crippen LogP contribution in [0, 0.1) is 6.92 Å². The van der Waals surface area contributed by atoms with Gasteiger partial charge in [0.1, 0.15) is 5.82 Å². The van der Waals surface area contributed by atoms with E-state index in [2.05, 4.69) is 15.4 Å². The molecule has 6 nitrogen and oxygen atoms in total. The first-order valence-corrected chi connectivity index (χ1v) is 6.20. The first-order chi connectivity index (χ1) is 9.16. The SMILES string of the molecule is Cc1cc(N)n(C(=O)c2cncc3c2CCNC3)n1. The number of hydrogen-bond donors (Lipinski definition) is 2. The summed E-state index contributed by atoms with van der Waals surface area (Å²) in [5, 5.41) is 7.40. The lowest BCUT2D eigenvalue weighted by Gasteiger charge is -2.19. The standard InChI is InChI=1S/C13H15N5O/c1-8-4-12(14)18(17-8)13(19)11-7-16-6-9-5-15-3-2-10(9)11/h4,6-7,15H,2-3,5,14H2,1H3. The molecule has 2 aromatic rings. The summed E-state index contributed by atoms with van der Waals surface area (Å²) in [6, 6.07) is 1.68. The van der Waals surface area contributed by atoms with Gasteiger partial charge in [0.15, 0.2) is 0 Å². The molecule has 0 unspecified atom stereocenters. The average molecular weight is 257 g/mol. The van der Waals surface area contributed by atoms with Gasteiger partial charge in [-0.15, -0.1) is 0 Å². The first kappa shape index (κ1) is 11.9. The number of nitrogens with zero attached hydrogens (tertiary/aromatic N) is 3. The van der Waals surface area contributed by atoms with E-state index in [1.165, 1.54) is 4.68 Å². The summed E-state index contributed by atoms with van der Waals surface area (Å²) < 4.78 is 1.24. The van der Waals surface area contributed by atoms with Gasteiger partial charge in [-0.05, 0) is 31.0 Å². The monoisotopic (exact) mass is 257 g/mol. The zero-order valence-corrected chi connectivity index (χ0v) is 10.7. The van der Waals surface area contributed by atoms with E-state index in [1.54, 1.807) is 18.5 Å². The molecule has 0 radical (unpaired) electrons. The summed E-state index contributed by atoms with van der Waals surface area (Å²) in [6.07, 6.45) is 4.22. The predicted molar refractivity (Wildman–Crippen MR) is 70.8 cm³/mol. The second kappa shape index (κ2) is 4.47. The normalized spacial score (nSPS) is 14.2. The van der Waals surface area contributed by atoms with E-state index in [9.17, 15) is 4.79 Å². The van der Waals surface area contributed by atoms with Gasteiger partial charge in [-0.1, -0.05) is 0 Å². The number of hydrogen-bond acceptors (Lipinski definition) is 5. The van der Waals surface area contributed by atoms with Crippen molar-refractivity contribution in [2.24, 2.45) is 0 Å². The van der Waals surface area contributed by atoms with Crippen molar-refractivity contribution in [1.29, 1.82) is 0 Å². The zero-order valence-electron chi connectivity index (χ0n) is 10.7. The quantitative estimate of drug-likeness (QED) is 0.777. The van der Waals surface area contributed by atoms with E-state index in [1.807, 2.05) is 6.92 Å². The summed E-state index contributed by atoms with van der Waals surface area (Å²) in [6.45, 7) is 3.42. The van der Waals surface area contributed by atoms with Crippen molar-refractivity contribution < 1.29 is 4.79 Å². The number of carbonyl (C=O) groups is 1.